The van der Waals surface area contributed by atoms with Gasteiger partial charge < -0.3 is 14.5 Å². The molecule has 3 heterocycles. The summed E-state index contributed by atoms with van der Waals surface area (Å²) < 4.78 is 8.22. The Morgan fingerprint density at radius 3 is 2.77 bits per heavy atom. The van der Waals surface area contributed by atoms with E-state index in [1.807, 2.05) is 24.3 Å². The molecule has 0 saturated carbocycles. The summed E-state index contributed by atoms with van der Waals surface area (Å²) >= 11 is 1.44. The van der Waals surface area contributed by atoms with Gasteiger partial charge in [-0.2, -0.15) is 5.10 Å². The highest BCUT2D eigenvalue weighted by Crippen LogP contribution is 2.38. The number of morpholine rings is 1. The molecule has 0 aliphatic carbocycles. The molecule has 3 aromatic rings. The van der Waals surface area contributed by atoms with Crippen molar-refractivity contribution in [2.75, 3.05) is 33.8 Å². The maximum atomic E-state index is 12.9. The number of fused-ring (bicyclic) bond motifs is 1. The van der Waals surface area contributed by atoms with Crippen molar-refractivity contribution in [1.29, 1.82) is 0 Å². The first kappa shape index (κ1) is 21.2. The molecule has 1 aromatic carbocycles. The first-order valence-electron chi connectivity index (χ1n) is 10.0. The fraction of sp³-hybridized carbons (Fsp3) is 0.364. The van der Waals surface area contributed by atoms with Gasteiger partial charge in [0.15, 0.2) is 0 Å². The predicted molar refractivity (Wildman–Crippen MR) is 118 cm³/mol. The van der Waals surface area contributed by atoms with Crippen LogP contribution in [0.4, 0.5) is 0 Å². The lowest BCUT2D eigenvalue weighted by Gasteiger charge is -2.33. The quantitative estimate of drug-likeness (QED) is 0.620. The van der Waals surface area contributed by atoms with Gasteiger partial charge in [-0.1, -0.05) is 18.2 Å². The zero-order valence-electron chi connectivity index (χ0n) is 17.7. The first-order chi connectivity index (χ1) is 14.8. The van der Waals surface area contributed by atoms with Gasteiger partial charge >= 0.3 is 0 Å². The van der Waals surface area contributed by atoms with Crippen LogP contribution in [0.2, 0.25) is 0 Å². The van der Waals surface area contributed by atoms with Crippen LogP contribution in [0.3, 0.4) is 0 Å². The monoisotopic (exact) mass is 440 g/mol. The zero-order valence-corrected chi connectivity index (χ0v) is 18.5. The number of carbonyl (C=O) groups excluding carboxylic acids is 2. The molecule has 0 spiro atoms. The van der Waals surface area contributed by atoms with Gasteiger partial charge in [-0.15, -0.1) is 11.3 Å². The van der Waals surface area contributed by atoms with Crippen molar-refractivity contribution >= 4 is 33.2 Å². The molecule has 31 heavy (non-hydrogen) atoms. The number of rotatable bonds is 4. The number of nitrogens with zero attached hydrogens (tertiary/aromatic N) is 4. The highest BCUT2D eigenvalue weighted by molar-refractivity contribution is 7.21. The van der Waals surface area contributed by atoms with E-state index in [0.717, 1.165) is 15.6 Å². The first-order valence-corrected chi connectivity index (χ1v) is 10.8. The van der Waals surface area contributed by atoms with E-state index in [0.29, 0.717) is 30.3 Å². The van der Waals surface area contributed by atoms with Crippen molar-refractivity contribution < 1.29 is 14.3 Å². The van der Waals surface area contributed by atoms with Gasteiger partial charge in [-0.3, -0.25) is 14.4 Å². The molecule has 2 aromatic heterocycles. The summed E-state index contributed by atoms with van der Waals surface area (Å²) in [7, 11) is 3.45. The van der Waals surface area contributed by atoms with E-state index >= 15 is 0 Å². The van der Waals surface area contributed by atoms with Crippen molar-refractivity contribution in [2.24, 2.45) is 0 Å². The molecule has 8 nitrogen and oxygen atoms in total. The molecule has 9 heteroatoms. The second-order valence-electron chi connectivity index (χ2n) is 7.71. The van der Waals surface area contributed by atoms with Crippen molar-refractivity contribution in [3.8, 4) is 0 Å². The summed E-state index contributed by atoms with van der Waals surface area (Å²) in [6.45, 7) is 2.74. The Kier molecular flexibility index (Phi) is 5.88. The summed E-state index contributed by atoms with van der Waals surface area (Å²) in [4.78, 5) is 41.7. The van der Waals surface area contributed by atoms with Crippen LogP contribution in [-0.4, -0.2) is 65.2 Å². The average Bonchev–Trinajstić information content (AvgIpc) is 3.15. The molecule has 0 N–H and O–H groups in total. The van der Waals surface area contributed by atoms with Crippen molar-refractivity contribution in [2.45, 2.75) is 19.6 Å². The maximum Gasteiger partial charge on any atom is 0.267 e. The second-order valence-corrected chi connectivity index (χ2v) is 8.76. The largest absolute Gasteiger partial charge is 0.370 e. The van der Waals surface area contributed by atoms with Gasteiger partial charge in [-0.25, -0.2) is 4.68 Å². The lowest BCUT2D eigenvalue weighted by Crippen LogP contribution is -2.45. The highest BCUT2D eigenvalue weighted by atomic mass is 32.1. The van der Waals surface area contributed by atoms with Gasteiger partial charge in [-0.05, 0) is 24.4 Å². The van der Waals surface area contributed by atoms with E-state index in [1.165, 1.54) is 22.1 Å². The number of ether oxygens (including phenoxy) is 1. The normalized spacial score (nSPS) is 16.5. The number of amides is 2. The molecule has 1 aliphatic rings. The molecule has 162 valence electrons. The molecule has 1 aliphatic heterocycles. The van der Waals surface area contributed by atoms with Crippen LogP contribution in [-0.2, 0) is 16.1 Å². The fourth-order valence-corrected chi connectivity index (χ4v) is 4.97. The average molecular weight is 441 g/mol. The minimum atomic E-state index is -0.421. The van der Waals surface area contributed by atoms with E-state index < -0.39 is 6.10 Å². The SMILES string of the molecule is Cc1ccc(=O)n(CC(=O)N2CCO[C@H](c3c(C(=O)N(C)C)sc4ccccc34)C2)n1. The lowest BCUT2D eigenvalue weighted by molar-refractivity contribution is -0.139. The molecule has 1 saturated heterocycles. The Morgan fingerprint density at radius 2 is 2.00 bits per heavy atom. The Morgan fingerprint density at radius 1 is 1.23 bits per heavy atom. The van der Waals surface area contributed by atoms with Crippen LogP contribution in [0.25, 0.3) is 10.1 Å². The van der Waals surface area contributed by atoms with Crippen LogP contribution in [0, 0.1) is 6.92 Å². The third-order valence-corrected chi connectivity index (χ3v) is 6.43. The Bertz CT molecular complexity index is 1200. The summed E-state index contributed by atoms with van der Waals surface area (Å²) in [5.74, 6) is -0.285. The van der Waals surface area contributed by atoms with Gasteiger partial charge in [0.25, 0.3) is 11.5 Å². The molecule has 2 amide bonds. The van der Waals surface area contributed by atoms with E-state index in [4.69, 9.17) is 4.74 Å². The highest BCUT2D eigenvalue weighted by Gasteiger charge is 2.32. The molecule has 0 radical (unpaired) electrons. The molecular formula is C22H24N4O4S. The fourth-order valence-electron chi connectivity index (χ4n) is 3.69. The summed E-state index contributed by atoms with van der Waals surface area (Å²) in [6, 6.07) is 10.9. The predicted octanol–water partition coefficient (Wildman–Crippen LogP) is 2.07. The molecule has 1 fully saturated rings. The zero-order chi connectivity index (χ0) is 22.1. The third-order valence-electron chi connectivity index (χ3n) is 5.26. The molecule has 1 atom stereocenters. The standard InChI is InChI=1S/C22H24N4O4S/c1-14-8-9-18(27)26(23-14)13-19(28)25-10-11-30-16(12-25)20-15-6-4-5-7-17(15)31-21(20)22(29)24(2)3/h4-9,16H,10-13H2,1-3H3/t16-/m0/s1. The van der Waals surface area contributed by atoms with Gasteiger partial charge in [0.05, 0.1) is 23.7 Å². The minimum absolute atomic E-state index is 0.0845. The minimum Gasteiger partial charge on any atom is -0.370 e. The molecule has 0 bridgehead atoms. The van der Waals surface area contributed by atoms with Crippen LogP contribution < -0.4 is 5.56 Å². The lowest BCUT2D eigenvalue weighted by atomic mass is 10.0. The number of thiophene rings is 1. The van der Waals surface area contributed by atoms with Crippen molar-refractivity contribution in [3.63, 3.8) is 0 Å². The number of carbonyl (C=O) groups is 2. The van der Waals surface area contributed by atoms with Crippen LogP contribution in [0.1, 0.15) is 27.0 Å². The smallest absolute Gasteiger partial charge is 0.267 e. The molecule has 0 unspecified atom stereocenters. The molecular weight excluding hydrogens is 416 g/mol. The number of hydrogen-bond donors (Lipinski definition) is 0. The summed E-state index contributed by atoms with van der Waals surface area (Å²) in [5, 5.41) is 5.12. The number of aryl methyl sites for hydroxylation is 1. The van der Waals surface area contributed by atoms with Crippen molar-refractivity contribution in [3.05, 3.63) is 62.9 Å². The van der Waals surface area contributed by atoms with E-state index in [-0.39, 0.29) is 23.9 Å². The Hall–Kier alpha value is -3.04. The maximum absolute atomic E-state index is 12.9. The summed E-state index contributed by atoms with van der Waals surface area (Å²) in [6.07, 6.45) is -0.421. The number of benzene rings is 1. The second kappa shape index (κ2) is 8.60. The molecule has 4 rings (SSSR count). The third kappa shape index (κ3) is 4.24. The van der Waals surface area contributed by atoms with Gasteiger partial charge in [0.2, 0.25) is 5.91 Å². The van der Waals surface area contributed by atoms with Gasteiger partial charge in [0.1, 0.15) is 12.6 Å². The van der Waals surface area contributed by atoms with Gasteiger partial charge in [0, 0.05) is 37.0 Å². The number of aromatic nitrogens is 2. The van der Waals surface area contributed by atoms with Crippen LogP contribution in [0.15, 0.2) is 41.2 Å². The topological polar surface area (TPSA) is 84.7 Å². The van der Waals surface area contributed by atoms with Crippen LogP contribution in [0.5, 0.6) is 0 Å². The van der Waals surface area contributed by atoms with E-state index in [2.05, 4.69) is 5.10 Å². The Labute approximate surface area is 183 Å². The van der Waals surface area contributed by atoms with E-state index in [1.54, 1.807) is 36.9 Å². The van der Waals surface area contributed by atoms with E-state index in [9.17, 15) is 14.4 Å². The number of hydrogen-bond acceptors (Lipinski definition) is 6. The Balaban J connectivity index is 1.63. The van der Waals surface area contributed by atoms with Crippen molar-refractivity contribution in [1.82, 2.24) is 19.6 Å². The summed E-state index contributed by atoms with van der Waals surface area (Å²) in [5.41, 5.74) is 1.18. The van der Waals surface area contributed by atoms with Crippen LogP contribution >= 0.6 is 11.3 Å².